The van der Waals surface area contributed by atoms with Gasteiger partial charge in [-0.2, -0.15) is 0 Å². The predicted octanol–water partition coefficient (Wildman–Crippen LogP) is 0.806. The minimum Gasteiger partial charge on any atom is -0.497 e. The monoisotopic (exact) mass is 264 g/mol. The second-order valence-electron chi connectivity index (χ2n) is 3.40. The lowest BCUT2D eigenvalue weighted by Crippen LogP contribution is -2.18. The molecule has 20 heavy (non-hydrogen) atoms. The van der Waals surface area contributed by atoms with Crippen molar-refractivity contribution in [1.29, 1.82) is 10.5 Å². The van der Waals surface area contributed by atoms with Gasteiger partial charge in [0, 0.05) is 10.4 Å². The van der Waals surface area contributed by atoms with Crippen molar-refractivity contribution < 1.29 is 9.47 Å². The Morgan fingerprint density at radius 2 is 1.30 bits per heavy atom. The van der Waals surface area contributed by atoms with Crippen molar-refractivity contribution in [1.82, 2.24) is 0 Å². The Morgan fingerprint density at radius 3 is 1.50 bits per heavy atom. The molecule has 0 spiro atoms. The largest absolute Gasteiger partial charge is 0.497 e. The molecule has 0 atom stereocenters. The molecule has 0 amide bonds. The average molecular weight is 264 g/mol. The first-order valence-electron chi connectivity index (χ1n) is 5.22. The second-order valence-corrected chi connectivity index (χ2v) is 3.40. The van der Waals surface area contributed by atoms with Crippen LogP contribution in [0.3, 0.4) is 0 Å². The molecule has 0 bridgehead atoms. The molecule has 0 aliphatic carbocycles. The SMILES string of the molecule is [C-]#[N+]/C(C#N)=c1/cc(OC)/c(=C(\C#N)[N+]#[C-])cc1OC. The van der Waals surface area contributed by atoms with Crippen molar-refractivity contribution >= 4 is 11.4 Å². The highest BCUT2D eigenvalue weighted by molar-refractivity contribution is 5.71. The standard InChI is InChI=1S/C14H8N4O2/c1-17-11(7-15)9-5-14(20-4)10(6-13(9)19-3)12(8-16)18-2/h5-6H,3-4H3/b11-9-,12-10+. The summed E-state index contributed by atoms with van der Waals surface area (Å²) >= 11 is 0. The molecular formula is C14H8N4O2. The molecule has 0 aliphatic rings. The fourth-order valence-electron chi connectivity index (χ4n) is 1.56. The van der Waals surface area contributed by atoms with Crippen LogP contribution in [0.15, 0.2) is 12.1 Å². The summed E-state index contributed by atoms with van der Waals surface area (Å²) in [4.78, 5) is 6.23. The van der Waals surface area contributed by atoms with Crippen molar-refractivity contribution in [3.05, 3.63) is 45.4 Å². The van der Waals surface area contributed by atoms with Crippen molar-refractivity contribution in [2.45, 2.75) is 0 Å². The van der Waals surface area contributed by atoms with E-state index in [1.165, 1.54) is 26.4 Å². The van der Waals surface area contributed by atoms with Crippen LogP contribution in [0.2, 0.25) is 0 Å². The zero-order chi connectivity index (χ0) is 15.1. The zero-order valence-electron chi connectivity index (χ0n) is 10.8. The maximum absolute atomic E-state index is 8.93. The van der Waals surface area contributed by atoms with Crippen LogP contribution >= 0.6 is 0 Å². The molecule has 0 saturated carbocycles. The molecule has 0 unspecified atom stereocenters. The molecule has 6 nitrogen and oxygen atoms in total. The van der Waals surface area contributed by atoms with Gasteiger partial charge in [0.05, 0.1) is 39.5 Å². The van der Waals surface area contributed by atoms with Crippen molar-refractivity contribution in [3.8, 4) is 23.6 Å². The van der Waals surface area contributed by atoms with Gasteiger partial charge in [0.15, 0.2) is 0 Å². The molecule has 1 rings (SSSR count). The van der Waals surface area contributed by atoms with Gasteiger partial charge in [0.1, 0.15) is 11.5 Å². The fraction of sp³-hybridized carbons (Fsp3) is 0.143. The molecule has 6 heteroatoms. The number of rotatable bonds is 2. The number of ether oxygens (including phenoxy) is 2. The minimum atomic E-state index is -0.159. The van der Waals surface area contributed by atoms with Gasteiger partial charge in [-0.1, -0.05) is 0 Å². The fourth-order valence-corrected chi connectivity index (χ4v) is 1.56. The van der Waals surface area contributed by atoms with Crippen molar-refractivity contribution in [2.75, 3.05) is 14.2 Å². The predicted molar refractivity (Wildman–Crippen MR) is 70.0 cm³/mol. The number of methoxy groups -OCH3 is 2. The topological polar surface area (TPSA) is 74.8 Å². The van der Waals surface area contributed by atoms with E-state index in [1.807, 2.05) is 0 Å². The summed E-state index contributed by atoms with van der Waals surface area (Å²) in [6, 6.07) is 6.35. The van der Waals surface area contributed by atoms with Crippen LogP contribution in [-0.4, -0.2) is 14.2 Å². The van der Waals surface area contributed by atoms with E-state index in [1.54, 1.807) is 12.1 Å². The smallest absolute Gasteiger partial charge is 0.272 e. The van der Waals surface area contributed by atoms with Crippen LogP contribution in [0.25, 0.3) is 21.1 Å². The molecular weight excluding hydrogens is 256 g/mol. The van der Waals surface area contributed by atoms with Gasteiger partial charge in [-0.05, 0) is 12.1 Å². The number of hydrogen-bond donors (Lipinski definition) is 0. The van der Waals surface area contributed by atoms with Crippen LogP contribution in [0.4, 0.5) is 0 Å². The third kappa shape index (κ3) is 2.51. The lowest BCUT2D eigenvalue weighted by atomic mass is 10.1. The third-order valence-corrected chi connectivity index (χ3v) is 2.47. The first-order chi connectivity index (χ1) is 9.66. The average Bonchev–Trinajstić information content (AvgIpc) is 2.50. The van der Waals surface area contributed by atoms with E-state index in [0.717, 1.165) is 0 Å². The Hall–Kier alpha value is -3.48. The molecule has 0 saturated heterocycles. The molecule has 0 aromatic heterocycles. The Kier molecular flexibility index (Phi) is 4.70. The van der Waals surface area contributed by atoms with Gasteiger partial charge in [-0.15, -0.1) is 0 Å². The summed E-state index contributed by atoms with van der Waals surface area (Å²) in [6.45, 7) is 13.9. The second kappa shape index (κ2) is 6.45. The molecule has 1 aromatic rings. The zero-order valence-corrected chi connectivity index (χ0v) is 10.8. The lowest BCUT2D eigenvalue weighted by Gasteiger charge is -2.07. The van der Waals surface area contributed by atoms with E-state index in [-0.39, 0.29) is 33.3 Å². The summed E-state index contributed by atoms with van der Waals surface area (Å²) in [5.74, 6) is 0.453. The Labute approximate surface area is 115 Å². The van der Waals surface area contributed by atoms with E-state index in [0.29, 0.717) is 0 Å². The maximum Gasteiger partial charge on any atom is 0.272 e. The number of benzene rings is 1. The normalized spacial score (nSPS) is 11.9. The van der Waals surface area contributed by atoms with Crippen molar-refractivity contribution in [2.24, 2.45) is 0 Å². The first-order valence-corrected chi connectivity index (χ1v) is 5.22. The highest BCUT2D eigenvalue weighted by Gasteiger charge is 2.09. The van der Waals surface area contributed by atoms with E-state index >= 15 is 0 Å². The first kappa shape index (κ1) is 14.6. The third-order valence-electron chi connectivity index (χ3n) is 2.47. The number of nitrogens with zero attached hydrogens (tertiary/aromatic N) is 4. The van der Waals surface area contributed by atoms with Gasteiger partial charge in [0.25, 0.3) is 11.4 Å². The maximum atomic E-state index is 8.93. The summed E-state index contributed by atoms with van der Waals surface area (Å²) < 4.78 is 10.2. The van der Waals surface area contributed by atoms with E-state index in [2.05, 4.69) is 9.69 Å². The van der Waals surface area contributed by atoms with Crippen LogP contribution in [-0.2, 0) is 0 Å². The van der Waals surface area contributed by atoms with Crippen LogP contribution in [0, 0.1) is 35.8 Å². The van der Waals surface area contributed by atoms with Gasteiger partial charge < -0.3 is 9.47 Å². The van der Waals surface area contributed by atoms with Crippen LogP contribution in [0.5, 0.6) is 11.5 Å². The lowest BCUT2D eigenvalue weighted by molar-refractivity contribution is 0.397. The van der Waals surface area contributed by atoms with Gasteiger partial charge in [-0.25, -0.2) is 20.2 Å². The van der Waals surface area contributed by atoms with Crippen LogP contribution in [0.1, 0.15) is 0 Å². The molecule has 0 fully saturated rings. The molecule has 0 radical (unpaired) electrons. The summed E-state index contributed by atoms with van der Waals surface area (Å²) in [7, 11) is 2.75. The van der Waals surface area contributed by atoms with E-state index in [4.69, 9.17) is 33.1 Å². The summed E-state index contributed by atoms with van der Waals surface area (Å²) in [5.41, 5.74) is -0.318. The molecule has 1 aromatic carbocycles. The quantitative estimate of drug-likeness (QED) is 0.741. The molecule has 0 heterocycles. The Morgan fingerprint density at radius 1 is 0.950 bits per heavy atom. The van der Waals surface area contributed by atoms with Crippen LogP contribution < -0.4 is 19.9 Å². The van der Waals surface area contributed by atoms with Gasteiger partial charge in [-0.3, -0.25) is 0 Å². The highest BCUT2D eigenvalue weighted by Crippen LogP contribution is 2.11. The molecule has 96 valence electrons. The summed E-state index contributed by atoms with van der Waals surface area (Å²) in [6.07, 6.45) is 0. The van der Waals surface area contributed by atoms with Gasteiger partial charge >= 0.3 is 0 Å². The molecule has 0 aliphatic heterocycles. The number of hydrogen-bond acceptors (Lipinski definition) is 4. The number of nitriles is 2. The van der Waals surface area contributed by atoms with E-state index < -0.39 is 0 Å². The molecule has 0 N–H and O–H groups in total. The Bertz CT molecular complexity index is 723. The summed E-state index contributed by atoms with van der Waals surface area (Å²) in [5, 5.41) is 18.4. The van der Waals surface area contributed by atoms with Gasteiger partial charge in [0.2, 0.25) is 0 Å². The van der Waals surface area contributed by atoms with E-state index in [9.17, 15) is 0 Å². The highest BCUT2D eigenvalue weighted by atomic mass is 16.5. The van der Waals surface area contributed by atoms with Crippen molar-refractivity contribution in [3.63, 3.8) is 0 Å². The minimum absolute atomic E-state index is 0.159. The Balaban J connectivity index is 4.06.